The van der Waals surface area contributed by atoms with Crippen LogP contribution in [-0.2, 0) is 10.3 Å². The molecule has 33 heavy (non-hydrogen) atoms. The fraction of sp³-hybridized carbons (Fsp3) is 0.192. The third kappa shape index (κ3) is 2.37. The Balaban J connectivity index is 1.72. The maximum Gasteiger partial charge on any atom is 0.251 e. The standard InChI is InChI=1S/C26H18Br2N2O3/c1-30-13-20(14-6-8-15(27)9-7-14)25(22(31)17-4-2-3-5-18(17)23(25)32)26(30)19-11-10-16(28)12-21(19)29-24(26)33/h2-12,20H,13H2,1H3,(H,29,33)/t20-,26-/m1/s1. The summed E-state index contributed by atoms with van der Waals surface area (Å²) in [6, 6.07) is 20.1. The molecule has 1 aliphatic carbocycles. The van der Waals surface area contributed by atoms with E-state index >= 15 is 0 Å². The van der Waals surface area contributed by atoms with Crippen LogP contribution in [0.4, 0.5) is 5.69 Å². The Labute approximate surface area is 207 Å². The average molecular weight is 566 g/mol. The number of fused-ring (bicyclic) bond motifs is 4. The minimum atomic E-state index is -1.61. The van der Waals surface area contributed by atoms with Crippen LogP contribution in [0, 0.1) is 5.41 Å². The lowest BCUT2D eigenvalue weighted by molar-refractivity contribution is -0.128. The highest BCUT2D eigenvalue weighted by molar-refractivity contribution is 9.10. The van der Waals surface area contributed by atoms with Crippen molar-refractivity contribution in [3.8, 4) is 0 Å². The van der Waals surface area contributed by atoms with E-state index in [4.69, 9.17) is 0 Å². The maximum absolute atomic E-state index is 14.4. The number of rotatable bonds is 1. The van der Waals surface area contributed by atoms with Crippen molar-refractivity contribution < 1.29 is 14.4 Å². The normalized spacial score (nSPS) is 25.1. The van der Waals surface area contributed by atoms with E-state index in [2.05, 4.69) is 37.2 Å². The summed E-state index contributed by atoms with van der Waals surface area (Å²) in [5.41, 5.74) is -0.151. The summed E-state index contributed by atoms with van der Waals surface area (Å²) in [6.07, 6.45) is 0. The summed E-state index contributed by atoms with van der Waals surface area (Å²) in [5, 5.41) is 2.98. The van der Waals surface area contributed by atoms with Gasteiger partial charge in [-0.1, -0.05) is 74.3 Å². The van der Waals surface area contributed by atoms with E-state index in [0.717, 1.165) is 14.5 Å². The summed E-state index contributed by atoms with van der Waals surface area (Å²) in [7, 11) is 1.83. The molecule has 3 aliphatic rings. The molecule has 7 heteroatoms. The predicted molar refractivity (Wildman–Crippen MR) is 131 cm³/mol. The second-order valence-electron chi connectivity index (χ2n) is 8.85. The van der Waals surface area contributed by atoms with E-state index < -0.39 is 16.9 Å². The Morgan fingerprint density at radius 1 is 0.879 bits per heavy atom. The molecule has 3 aromatic rings. The fourth-order valence-corrected chi connectivity index (χ4v) is 6.87. The number of nitrogens with one attached hydrogen (secondary N) is 1. The van der Waals surface area contributed by atoms with E-state index in [1.807, 2.05) is 54.4 Å². The van der Waals surface area contributed by atoms with Crippen LogP contribution in [0.1, 0.15) is 37.8 Å². The molecule has 3 aromatic carbocycles. The van der Waals surface area contributed by atoms with E-state index in [1.54, 1.807) is 24.3 Å². The zero-order valence-corrected chi connectivity index (χ0v) is 20.7. The number of Topliss-reactive ketones (excluding diaryl/α,β-unsaturated/α-hetero) is 2. The molecule has 0 bridgehead atoms. The summed E-state index contributed by atoms with van der Waals surface area (Å²) >= 11 is 6.94. The van der Waals surface area contributed by atoms with Crippen molar-refractivity contribution >= 4 is 55.0 Å². The summed E-state index contributed by atoms with van der Waals surface area (Å²) in [4.78, 5) is 44.6. The number of benzene rings is 3. The molecule has 1 amide bonds. The predicted octanol–water partition coefficient (Wildman–Crippen LogP) is 5.15. The van der Waals surface area contributed by atoms with E-state index in [0.29, 0.717) is 28.9 Å². The highest BCUT2D eigenvalue weighted by Gasteiger charge is 2.78. The van der Waals surface area contributed by atoms with Crippen LogP contribution in [0.15, 0.2) is 75.7 Å². The van der Waals surface area contributed by atoms with Gasteiger partial charge in [-0.15, -0.1) is 0 Å². The molecule has 2 spiro atoms. The Bertz CT molecular complexity index is 1350. The van der Waals surface area contributed by atoms with Gasteiger partial charge in [0.1, 0.15) is 11.0 Å². The van der Waals surface area contributed by atoms with Crippen molar-refractivity contribution in [2.75, 3.05) is 18.9 Å². The molecule has 164 valence electrons. The second-order valence-corrected chi connectivity index (χ2v) is 10.7. The first-order valence-corrected chi connectivity index (χ1v) is 12.2. The molecule has 1 fully saturated rings. The molecule has 2 aliphatic heterocycles. The molecule has 0 radical (unpaired) electrons. The van der Waals surface area contributed by atoms with Crippen LogP contribution >= 0.6 is 31.9 Å². The maximum atomic E-state index is 14.4. The number of amides is 1. The van der Waals surface area contributed by atoms with Crippen LogP contribution in [0.3, 0.4) is 0 Å². The van der Waals surface area contributed by atoms with Crippen LogP contribution in [0.25, 0.3) is 0 Å². The van der Waals surface area contributed by atoms with Crippen molar-refractivity contribution in [1.82, 2.24) is 4.90 Å². The largest absolute Gasteiger partial charge is 0.324 e. The highest BCUT2D eigenvalue weighted by atomic mass is 79.9. The minimum Gasteiger partial charge on any atom is -0.324 e. The SMILES string of the molecule is CN1C[C@H](c2ccc(Br)cc2)C2(C(=O)c3ccccc3C2=O)[C@@]12C(=O)Nc1cc(Br)ccc12. The van der Waals surface area contributed by atoms with Crippen LogP contribution < -0.4 is 5.32 Å². The first kappa shape index (κ1) is 21.0. The lowest BCUT2D eigenvalue weighted by atomic mass is 9.58. The molecule has 6 rings (SSSR count). The molecule has 0 unspecified atom stereocenters. The zero-order chi connectivity index (χ0) is 23.1. The third-order valence-corrected chi connectivity index (χ3v) is 8.50. The van der Waals surface area contributed by atoms with Crippen LogP contribution in [0.2, 0.25) is 0 Å². The summed E-state index contributed by atoms with van der Waals surface area (Å²) < 4.78 is 1.72. The van der Waals surface area contributed by atoms with Crippen LogP contribution in [-0.4, -0.2) is 36.0 Å². The number of ketones is 2. The van der Waals surface area contributed by atoms with Crippen LogP contribution in [0.5, 0.6) is 0 Å². The minimum absolute atomic E-state index is 0.286. The number of carbonyl (C=O) groups excluding carboxylic acids is 3. The first-order valence-electron chi connectivity index (χ1n) is 10.6. The number of likely N-dealkylation sites (tertiary alicyclic amines) is 1. The zero-order valence-electron chi connectivity index (χ0n) is 17.6. The molecular weight excluding hydrogens is 548 g/mol. The van der Waals surface area contributed by atoms with Crippen molar-refractivity contribution in [3.05, 3.63) is 97.9 Å². The molecular formula is C26H18Br2N2O3. The van der Waals surface area contributed by atoms with Gasteiger partial charge >= 0.3 is 0 Å². The Morgan fingerprint density at radius 2 is 1.48 bits per heavy atom. The number of carbonyl (C=O) groups is 3. The van der Waals surface area contributed by atoms with E-state index in [1.165, 1.54) is 0 Å². The van der Waals surface area contributed by atoms with Gasteiger partial charge in [0.2, 0.25) is 0 Å². The Morgan fingerprint density at radius 3 is 2.12 bits per heavy atom. The van der Waals surface area contributed by atoms with Crippen molar-refractivity contribution in [2.24, 2.45) is 5.41 Å². The van der Waals surface area contributed by atoms with Gasteiger partial charge in [-0.25, -0.2) is 0 Å². The molecule has 1 saturated heterocycles. The molecule has 1 N–H and O–H groups in total. The lowest BCUT2D eigenvalue weighted by Crippen LogP contribution is -2.60. The molecule has 2 atom stereocenters. The highest BCUT2D eigenvalue weighted by Crippen LogP contribution is 2.66. The number of halogens is 2. The smallest absolute Gasteiger partial charge is 0.251 e. The third-order valence-electron chi connectivity index (χ3n) is 7.48. The molecule has 0 aromatic heterocycles. The number of nitrogens with zero attached hydrogens (tertiary/aromatic N) is 1. The van der Waals surface area contributed by atoms with Crippen molar-refractivity contribution in [2.45, 2.75) is 11.5 Å². The van der Waals surface area contributed by atoms with Gasteiger partial charge in [-0.2, -0.15) is 0 Å². The summed E-state index contributed by atoms with van der Waals surface area (Å²) in [5.74, 6) is -1.41. The fourth-order valence-electron chi connectivity index (χ4n) is 6.24. The van der Waals surface area contributed by atoms with E-state index in [-0.39, 0.29) is 17.5 Å². The first-order chi connectivity index (χ1) is 15.8. The topological polar surface area (TPSA) is 66.5 Å². The number of hydrogen-bond acceptors (Lipinski definition) is 4. The number of likely N-dealkylation sites (N-methyl/N-ethyl adjacent to an activating group) is 1. The van der Waals surface area contributed by atoms with Gasteiger partial charge < -0.3 is 5.32 Å². The Kier molecular flexibility index (Phi) is 4.41. The number of hydrogen-bond donors (Lipinski definition) is 1. The van der Waals surface area contributed by atoms with Gasteiger partial charge in [-0.05, 0) is 36.9 Å². The van der Waals surface area contributed by atoms with Crippen molar-refractivity contribution in [3.63, 3.8) is 0 Å². The Hall–Kier alpha value is -2.61. The molecule has 0 saturated carbocycles. The monoisotopic (exact) mass is 564 g/mol. The molecule has 2 heterocycles. The number of anilines is 1. The molecule has 5 nitrogen and oxygen atoms in total. The van der Waals surface area contributed by atoms with E-state index in [9.17, 15) is 14.4 Å². The van der Waals surface area contributed by atoms with Gasteiger partial charge in [0, 0.05) is 43.8 Å². The van der Waals surface area contributed by atoms with Crippen molar-refractivity contribution in [1.29, 1.82) is 0 Å². The average Bonchev–Trinajstić information content (AvgIpc) is 3.34. The van der Waals surface area contributed by atoms with Gasteiger partial charge in [0.15, 0.2) is 11.6 Å². The second kappa shape index (κ2) is 6.95. The lowest BCUT2D eigenvalue weighted by Gasteiger charge is -2.42. The van der Waals surface area contributed by atoms with Gasteiger partial charge in [-0.3, -0.25) is 19.3 Å². The summed E-state index contributed by atoms with van der Waals surface area (Å²) in [6.45, 7) is 0.385. The van der Waals surface area contributed by atoms with Gasteiger partial charge in [0.05, 0.1) is 0 Å². The quantitative estimate of drug-likeness (QED) is 0.414. The van der Waals surface area contributed by atoms with Gasteiger partial charge in [0.25, 0.3) is 5.91 Å².